The van der Waals surface area contributed by atoms with Gasteiger partial charge in [0, 0.05) is 18.5 Å². The fourth-order valence-corrected chi connectivity index (χ4v) is 3.15. The molecular weight excluding hydrogens is 250 g/mol. The van der Waals surface area contributed by atoms with E-state index in [0.29, 0.717) is 18.3 Å². The molecule has 20 heavy (non-hydrogen) atoms. The van der Waals surface area contributed by atoms with Crippen molar-refractivity contribution in [2.45, 2.75) is 50.6 Å². The van der Waals surface area contributed by atoms with E-state index in [1.807, 2.05) is 18.2 Å². The highest BCUT2D eigenvalue weighted by molar-refractivity contribution is 5.80. The van der Waals surface area contributed by atoms with Crippen molar-refractivity contribution < 1.29 is 5.21 Å². The predicted molar refractivity (Wildman–Crippen MR) is 81.8 cm³/mol. The van der Waals surface area contributed by atoms with Crippen LogP contribution in [0.3, 0.4) is 0 Å². The first kappa shape index (κ1) is 14.9. The maximum absolute atomic E-state index is 8.87. The highest BCUT2D eigenvalue weighted by atomic mass is 16.4. The number of nitrogens with two attached hydrogens (primary N) is 1. The van der Waals surface area contributed by atoms with Gasteiger partial charge in [-0.25, -0.2) is 0 Å². The lowest BCUT2D eigenvalue weighted by molar-refractivity contribution is 0.139. The van der Waals surface area contributed by atoms with Crippen LogP contribution in [0.5, 0.6) is 0 Å². The molecule has 0 amide bonds. The number of amidine groups is 1. The van der Waals surface area contributed by atoms with Crippen molar-refractivity contribution in [2.75, 3.05) is 7.05 Å². The third-order valence-electron chi connectivity index (χ3n) is 4.36. The lowest BCUT2D eigenvalue weighted by Gasteiger charge is -2.37. The lowest BCUT2D eigenvalue weighted by atomic mass is 9.91. The molecule has 3 N–H and O–H groups in total. The average Bonchev–Trinajstić information content (AvgIpc) is 2.53. The second kappa shape index (κ2) is 7.29. The molecule has 4 heteroatoms. The first-order valence-corrected chi connectivity index (χ1v) is 7.45. The van der Waals surface area contributed by atoms with E-state index in [-0.39, 0.29) is 6.04 Å². The first-order valence-electron chi connectivity index (χ1n) is 7.45. The fourth-order valence-electron chi connectivity index (χ4n) is 3.15. The second-order valence-electron chi connectivity index (χ2n) is 5.68. The fraction of sp³-hybridized carbons (Fsp3) is 0.562. The highest BCUT2D eigenvalue weighted by Crippen LogP contribution is 2.30. The minimum absolute atomic E-state index is 0.176. The van der Waals surface area contributed by atoms with E-state index >= 15 is 0 Å². The Bertz CT molecular complexity index is 427. The number of oxime groups is 1. The van der Waals surface area contributed by atoms with Crippen LogP contribution in [0.4, 0.5) is 0 Å². The van der Waals surface area contributed by atoms with Gasteiger partial charge in [0.25, 0.3) is 0 Å². The summed E-state index contributed by atoms with van der Waals surface area (Å²) in [5.41, 5.74) is 6.98. The first-order chi connectivity index (χ1) is 9.72. The van der Waals surface area contributed by atoms with Crippen LogP contribution in [0.1, 0.15) is 50.1 Å². The molecule has 1 saturated carbocycles. The smallest absolute Gasteiger partial charge is 0.141 e. The van der Waals surface area contributed by atoms with Crippen molar-refractivity contribution >= 4 is 5.84 Å². The Morgan fingerprint density at radius 3 is 2.55 bits per heavy atom. The number of hydrogen-bond acceptors (Lipinski definition) is 3. The zero-order chi connectivity index (χ0) is 14.4. The predicted octanol–water partition coefficient (Wildman–Crippen LogP) is 3.13. The normalized spacial score (nSPS) is 19.2. The van der Waals surface area contributed by atoms with Crippen LogP contribution in [0.15, 0.2) is 35.5 Å². The third kappa shape index (κ3) is 3.73. The molecule has 1 fully saturated rings. The van der Waals surface area contributed by atoms with Crippen molar-refractivity contribution in [2.24, 2.45) is 10.9 Å². The zero-order valence-electron chi connectivity index (χ0n) is 12.2. The largest absolute Gasteiger partial charge is 0.409 e. The topological polar surface area (TPSA) is 61.8 Å². The van der Waals surface area contributed by atoms with Gasteiger partial charge in [0.1, 0.15) is 5.84 Å². The van der Waals surface area contributed by atoms with Gasteiger partial charge >= 0.3 is 0 Å². The summed E-state index contributed by atoms with van der Waals surface area (Å²) in [6, 6.07) is 11.1. The molecule has 1 atom stereocenters. The van der Waals surface area contributed by atoms with E-state index in [1.165, 1.54) is 37.7 Å². The summed E-state index contributed by atoms with van der Waals surface area (Å²) in [6.07, 6.45) is 7.01. The quantitative estimate of drug-likeness (QED) is 0.375. The summed E-state index contributed by atoms with van der Waals surface area (Å²) >= 11 is 0. The lowest BCUT2D eigenvalue weighted by Crippen LogP contribution is -2.38. The standard InChI is InChI=1S/C16H25N3O/c1-19(14-10-6-3-7-11-14)15(12-16(17)18-20)13-8-4-2-5-9-13/h2,4-5,8-9,14-15,20H,3,6-7,10-12H2,1H3,(H2,17,18). The Morgan fingerprint density at radius 1 is 1.30 bits per heavy atom. The van der Waals surface area contributed by atoms with E-state index in [9.17, 15) is 0 Å². The van der Waals surface area contributed by atoms with Gasteiger partial charge in [0.05, 0.1) is 0 Å². The number of nitrogens with zero attached hydrogens (tertiary/aromatic N) is 2. The van der Waals surface area contributed by atoms with Gasteiger partial charge < -0.3 is 10.9 Å². The minimum atomic E-state index is 0.176. The summed E-state index contributed by atoms with van der Waals surface area (Å²) in [6.45, 7) is 0. The van der Waals surface area contributed by atoms with Crippen LogP contribution in [-0.4, -0.2) is 29.0 Å². The van der Waals surface area contributed by atoms with Gasteiger partial charge in [-0.05, 0) is 25.5 Å². The van der Waals surface area contributed by atoms with Crippen LogP contribution in [0.25, 0.3) is 0 Å². The molecule has 0 aromatic heterocycles. The molecule has 4 nitrogen and oxygen atoms in total. The van der Waals surface area contributed by atoms with E-state index in [1.54, 1.807) is 0 Å². The molecule has 1 aromatic rings. The molecule has 1 aromatic carbocycles. The SMILES string of the molecule is CN(C1CCCCC1)C(CC(N)=NO)c1ccccc1. The van der Waals surface area contributed by atoms with Crippen molar-refractivity contribution in [1.29, 1.82) is 0 Å². The van der Waals surface area contributed by atoms with E-state index in [4.69, 9.17) is 10.9 Å². The van der Waals surface area contributed by atoms with Crippen molar-refractivity contribution in [3.63, 3.8) is 0 Å². The molecule has 1 aliphatic rings. The van der Waals surface area contributed by atoms with Gasteiger partial charge in [-0.15, -0.1) is 0 Å². The van der Waals surface area contributed by atoms with Gasteiger partial charge in [-0.2, -0.15) is 0 Å². The minimum Gasteiger partial charge on any atom is -0.409 e. The molecule has 0 bridgehead atoms. The Balaban J connectivity index is 2.16. The van der Waals surface area contributed by atoms with Crippen molar-refractivity contribution in [1.82, 2.24) is 4.90 Å². The molecule has 0 heterocycles. The molecule has 1 aliphatic carbocycles. The second-order valence-corrected chi connectivity index (χ2v) is 5.68. The number of hydrogen-bond donors (Lipinski definition) is 2. The van der Waals surface area contributed by atoms with Crippen LogP contribution < -0.4 is 5.73 Å². The summed E-state index contributed by atoms with van der Waals surface area (Å²) in [4.78, 5) is 2.41. The maximum atomic E-state index is 8.87. The van der Waals surface area contributed by atoms with Crippen LogP contribution in [0, 0.1) is 0 Å². The zero-order valence-corrected chi connectivity index (χ0v) is 12.2. The molecule has 110 valence electrons. The van der Waals surface area contributed by atoms with Crippen LogP contribution >= 0.6 is 0 Å². The molecule has 2 rings (SSSR count). The third-order valence-corrected chi connectivity index (χ3v) is 4.36. The highest BCUT2D eigenvalue weighted by Gasteiger charge is 2.26. The number of benzene rings is 1. The Labute approximate surface area is 121 Å². The van der Waals surface area contributed by atoms with Gasteiger partial charge in [-0.1, -0.05) is 54.8 Å². The monoisotopic (exact) mass is 275 g/mol. The molecule has 1 unspecified atom stereocenters. The molecule has 0 radical (unpaired) electrons. The van der Waals surface area contributed by atoms with Crippen molar-refractivity contribution in [3.8, 4) is 0 Å². The van der Waals surface area contributed by atoms with E-state index < -0.39 is 0 Å². The Morgan fingerprint density at radius 2 is 1.95 bits per heavy atom. The molecule has 0 aliphatic heterocycles. The maximum Gasteiger partial charge on any atom is 0.141 e. The van der Waals surface area contributed by atoms with Gasteiger partial charge in [0.15, 0.2) is 0 Å². The summed E-state index contributed by atoms with van der Waals surface area (Å²) in [7, 11) is 2.16. The van der Waals surface area contributed by atoms with Gasteiger partial charge in [0.2, 0.25) is 0 Å². The summed E-state index contributed by atoms with van der Waals surface area (Å²) in [5.74, 6) is 0.293. The Kier molecular flexibility index (Phi) is 5.41. The van der Waals surface area contributed by atoms with Gasteiger partial charge in [-0.3, -0.25) is 4.90 Å². The van der Waals surface area contributed by atoms with Crippen LogP contribution in [-0.2, 0) is 0 Å². The Hall–Kier alpha value is -1.55. The number of rotatable bonds is 5. The summed E-state index contributed by atoms with van der Waals surface area (Å²) < 4.78 is 0. The van der Waals surface area contributed by atoms with Crippen molar-refractivity contribution in [3.05, 3.63) is 35.9 Å². The molecule has 0 spiro atoms. The van der Waals surface area contributed by atoms with Crippen LogP contribution in [0.2, 0.25) is 0 Å². The molecular formula is C16H25N3O. The van der Waals surface area contributed by atoms with E-state index in [2.05, 4.69) is 29.2 Å². The average molecular weight is 275 g/mol. The van der Waals surface area contributed by atoms with E-state index in [0.717, 1.165) is 0 Å². The molecule has 0 saturated heterocycles. The summed E-state index contributed by atoms with van der Waals surface area (Å²) in [5, 5.41) is 12.0.